The summed E-state index contributed by atoms with van der Waals surface area (Å²) in [6.07, 6.45) is -10.7. The number of phenols is 10. The van der Waals surface area contributed by atoms with Gasteiger partial charge in [0, 0.05) is 52.8 Å². The van der Waals surface area contributed by atoms with Crippen molar-refractivity contribution in [2.24, 2.45) is 5.41 Å². The molecule has 0 bridgehead atoms. The number of aliphatic hydroxyl groups is 5. The normalized spacial score (nSPS) is 28.4. The van der Waals surface area contributed by atoms with Crippen molar-refractivity contribution < 1.29 is 90.8 Å². The van der Waals surface area contributed by atoms with Crippen LogP contribution in [0.3, 0.4) is 0 Å². The van der Waals surface area contributed by atoms with Crippen LogP contribution >= 0.6 is 0 Å². The summed E-state index contributed by atoms with van der Waals surface area (Å²) in [5.41, 5.74) is -2.65. The van der Waals surface area contributed by atoms with E-state index >= 15 is 0 Å². The van der Waals surface area contributed by atoms with Crippen molar-refractivity contribution >= 4 is 0 Å². The summed E-state index contributed by atoms with van der Waals surface area (Å²) in [7, 11) is 0. The Morgan fingerprint density at radius 2 is 1.05 bits per heavy atom. The van der Waals surface area contributed by atoms with Gasteiger partial charge in [-0.15, -0.1) is 0 Å². The molecule has 5 aromatic carbocycles. The largest absolute Gasteiger partial charge is 0.508 e. The van der Waals surface area contributed by atoms with E-state index in [-0.39, 0.29) is 62.6 Å². The number of aromatic hydroxyl groups is 10. The Morgan fingerprint density at radius 3 is 1.61 bits per heavy atom. The second-order valence-electron chi connectivity index (χ2n) is 16.6. The van der Waals surface area contributed by atoms with Crippen LogP contribution in [0.2, 0.25) is 0 Å². The third kappa shape index (κ3) is 6.32. The third-order valence-corrected chi connectivity index (χ3v) is 12.8. The van der Waals surface area contributed by atoms with Crippen LogP contribution < -0.4 is 9.47 Å². The summed E-state index contributed by atoms with van der Waals surface area (Å²) in [5.74, 6) is -10.4. The zero-order valence-electron chi connectivity index (χ0n) is 33.3. The van der Waals surface area contributed by atoms with E-state index in [9.17, 15) is 76.6 Å². The van der Waals surface area contributed by atoms with E-state index in [0.717, 1.165) is 60.7 Å². The second kappa shape index (κ2) is 14.9. The fourth-order valence-corrected chi connectivity index (χ4v) is 9.66. The Labute approximate surface area is 361 Å². The molecule has 4 aliphatic rings. The summed E-state index contributed by atoms with van der Waals surface area (Å²) in [5, 5.41) is 168. The van der Waals surface area contributed by atoms with Crippen LogP contribution in [0.5, 0.6) is 69.0 Å². The average molecular weight is 883 g/mol. The molecule has 9 rings (SSSR count). The van der Waals surface area contributed by atoms with Gasteiger partial charge in [-0.05, 0) is 66.1 Å². The molecule has 0 spiro atoms. The van der Waals surface area contributed by atoms with Gasteiger partial charge in [0.15, 0.2) is 46.7 Å². The quantitative estimate of drug-likeness (QED) is 0.109. The maximum absolute atomic E-state index is 12.6. The minimum absolute atomic E-state index is 0.00398. The summed E-state index contributed by atoms with van der Waals surface area (Å²) >= 11 is 0. The van der Waals surface area contributed by atoms with Crippen LogP contribution in [0.25, 0.3) is 0 Å². The number of ether oxygens (including phenoxy) is 3. The predicted octanol–water partition coefficient (Wildman–Crippen LogP) is 4.35. The zero-order valence-corrected chi connectivity index (χ0v) is 33.3. The molecular weight excluding hydrogens is 840 g/mol. The van der Waals surface area contributed by atoms with Gasteiger partial charge in [-0.1, -0.05) is 18.2 Å². The Kier molecular flexibility index (Phi) is 9.75. The first kappa shape index (κ1) is 41.9. The smallest absolute Gasteiger partial charge is 0.157 e. The lowest BCUT2D eigenvalue weighted by molar-refractivity contribution is -0.106. The molecule has 15 N–H and O–H groups in total. The van der Waals surface area contributed by atoms with Crippen LogP contribution in [-0.4, -0.2) is 101 Å². The summed E-state index contributed by atoms with van der Waals surface area (Å²) in [6, 6.07) is 13.7. The van der Waals surface area contributed by atoms with E-state index in [1.165, 1.54) is 25.1 Å². The third-order valence-electron chi connectivity index (χ3n) is 12.8. The number of hydrogen-bond donors (Lipinski definition) is 15. The lowest BCUT2D eigenvalue weighted by Crippen LogP contribution is -2.52. The van der Waals surface area contributed by atoms with E-state index < -0.39 is 123 Å². The van der Waals surface area contributed by atoms with Crippen molar-refractivity contribution in [3.8, 4) is 69.0 Å². The van der Waals surface area contributed by atoms with E-state index in [1.54, 1.807) is 0 Å². The van der Waals surface area contributed by atoms with Gasteiger partial charge in [-0.3, -0.25) is 0 Å². The van der Waals surface area contributed by atoms with Crippen molar-refractivity contribution in [1.82, 2.24) is 0 Å². The molecule has 0 saturated carbocycles. The highest BCUT2D eigenvalue weighted by molar-refractivity contribution is 5.65. The Hall–Kier alpha value is -7.38. The standard InChI is InChI=1S/C46H42O18/c1-46(38-34-28(55)11-19(47)12-32(34)62-43(40(38)61)18-4-7-23(50)27(54)10-18)33(59)15-30(57)36-37(39(60)42(64-45(36)46)17-3-6-22(49)26(53)9-17)35-29(56)14-24(51)20-13-31(58)41(63-44(20)35)16-2-5-21(48)25(52)8-16/h2-12,14-15,31,33,37-43,47-61H,13H2,1H3/t31-,33?,37+,38+,39-,40-,41-,42-,43-,46?/m1/s1. The molecule has 18 nitrogen and oxygen atoms in total. The average Bonchev–Trinajstić information content (AvgIpc) is 3.23. The first-order valence-corrected chi connectivity index (χ1v) is 19.9. The van der Waals surface area contributed by atoms with Gasteiger partial charge in [0.25, 0.3) is 0 Å². The van der Waals surface area contributed by atoms with Crippen molar-refractivity contribution in [1.29, 1.82) is 0 Å². The van der Waals surface area contributed by atoms with Gasteiger partial charge in [0.05, 0.1) is 23.5 Å². The molecule has 3 heterocycles. The summed E-state index contributed by atoms with van der Waals surface area (Å²) in [4.78, 5) is 0. The van der Waals surface area contributed by atoms with Gasteiger partial charge >= 0.3 is 0 Å². The van der Waals surface area contributed by atoms with Crippen molar-refractivity contribution in [3.63, 3.8) is 0 Å². The first-order chi connectivity index (χ1) is 30.3. The number of benzene rings is 5. The van der Waals surface area contributed by atoms with E-state index in [4.69, 9.17) is 14.2 Å². The number of fused-ring (bicyclic) bond motifs is 2. The molecule has 10 atom stereocenters. The first-order valence-electron chi connectivity index (χ1n) is 19.9. The van der Waals surface area contributed by atoms with E-state index in [2.05, 4.69) is 0 Å². The molecule has 0 aromatic heterocycles. The van der Waals surface area contributed by atoms with Crippen LogP contribution in [0.1, 0.15) is 70.5 Å². The molecule has 0 radical (unpaired) electrons. The molecule has 0 fully saturated rings. The van der Waals surface area contributed by atoms with Gasteiger partial charge in [0.2, 0.25) is 0 Å². The predicted molar refractivity (Wildman–Crippen MR) is 218 cm³/mol. The number of rotatable bonds is 5. The molecular formula is C46H42O18. The van der Waals surface area contributed by atoms with Crippen molar-refractivity contribution in [2.45, 2.75) is 67.9 Å². The highest BCUT2D eigenvalue weighted by atomic mass is 16.5. The lowest BCUT2D eigenvalue weighted by atomic mass is 9.59. The highest BCUT2D eigenvalue weighted by Crippen LogP contribution is 2.64. The van der Waals surface area contributed by atoms with Gasteiger partial charge in [0.1, 0.15) is 64.3 Å². The fraction of sp³-hybridized carbons (Fsp3) is 0.261. The number of hydrogen-bond acceptors (Lipinski definition) is 18. The Bertz CT molecular complexity index is 2800. The minimum atomic E-state index is -2.07. The molecule has 334 valence electrons. The maximum atomic E-state index is 12.6. The molecule has 3 aliphatic heterocycles. The Morgan fingerprint density at radius 1 is 0.516 bits per heavy atom. The van der Waals surface area contributed by atoms with Gasteiger partial charge < -0.3 is 90.8 Å². The summed E-state index contributed by atoms with van der Waals surface area (Å²) < 4.78 is 19.1. The SMILES string of the molecule is CC1([C@H]2c3c(O)cc(O)cc3O[C@H](c3ccc(O)c(O)c3)[C@@H]2O)C2=C(C(O)=CC1O)[C@H](c1c(O)cc(O)c3c1O[C@H](c1ccc(O)c(O)c1)[C@H](O)C3)[C@@H](O)[C@@H](c1ccc(O)c(O)c1)O2. The molecule has 0 saturated heterocycles. The Balaban J connectivity index is 1.31. The van der Waals surface area contributed by atoms with Crippen molar-refractivity contribution in [2.75, 3.05) is 0 Å². The maximum Gasteiger partial charge on any atom is 0.157 e. The number of aliphatic hydroxyl groups excluding tert-OH is 5. The second-order valence-corrected chi connectivity index (χ2v) is 16.6. The van der Waals surface area contributed by atoms with Gasteiger partial charge in [-0.25, -0.2) is 0 Å². The summed E-state index contributed by atoms with van der Waals surface area (Å²) in [6.45, 7) is 1.41. The molecule has 1 aliphatic carbocycles. The molecule has 0 amide bonds. The monoisotopic (exact) mass is 882 g/mol. The van der Waals surface area contributed by atoms with Crippen LogP contribution in [0.4, 0.5) is 0 Å². The van der Waals surface area contributed by atoms with Crippen LogP contribution in [0.15, 0.2) is 96.0 Å². The van der Waals surface area contributed by atoms with Crippen LogP contribution in [0, 0.1) is 5.41 Å². The molecule has 64 heavy (non-hydrogen) atoms. The van der Waals surface area contributed by atoms with E-state index in [0.29, 0.717) is 0 Å². The molecule has 2 unspecified atom stereocenters. The zero-order chi connectivity index (χ0) is 45.8. The van der Waals surface area contributed by atoms with Crippen molar-refractivity contribution in [3.05, 3.63) is 129 Å². The molecule has 18 heteroatoms. The van der Waals surface area contributed by atoms with Crippen LogP contribution in [-0.2, 0) is 11.2 Å². The number of phenolic OH excluding ortho intramolecular Hbond substituents is 10. The number of allylic oxidation sites excluding steroid dienone is 1. The lowest BCUT2D eigenvalue weighted by Gasteiger charge is -2.53. The van der Waals surface area contributed by atoms with Gasteiger partial charge in [-0.2, -0.15) is 0 Å². The fourth-order valence-electron chi connectivity index (χ4n) is 9.66. The highest BCUT2D eigenvalue weighted by Gasteiger charge is 2.61. The topological polar surface area (TPSA) is 331 Å². The molecule has 5 aromatic rings. The van der Waals surface area contributed by atoms with E-state index in [1.807, 2.05) is 0 Å². The minimum Gasteiger partial charge on any atom is -0.508 e.